The van der Waals surface area contributed by atoms with Crippen LogP contribution in [-0.4, -0.2) is 24.5 Å². The minimum Gasteiger partial charge on any atom is -0.484 e. The Morgan fingerprint density at radius 3 is 2.38 bits per heavy atom. The Bertz CT molecular complexity index is 597. The molecule has 0 aliphatic rings. The largest absolute Gasteiger partial charge is 0.484 e. The van der Waals surface area contributed by atoms with Gasteiger partial charge in [-0.05, 0) is 42.0 Å². The second kappa shape index (κ2) is 6.99. The number of nitrogens with two attached hydrogens (primary N) is 1. The lowest BCUT2D eigenvalue weighted by atomic mass is 10.2. The highest BCUT2D eigenvalue weighted by atomic mass is 35.5. The zero-order chi connectivity index (χ0) is 15.2. The summed E-state index contributed by atoms with van der Waals surface area (Å²) >= 11 is 5.79. The van der Waals surface area contributed by atoms with E-state index < -0.39 is 0 Å². The van der Waals surface area contributed by atoms with Gasteiger partial charge in [0.15, 0.2) is 6.61 Å². The molecule has 110 valence electrons. The van der Waals surface area contributed by atoms with Crippen LogP contribution in [0.15, 0.2) is 48.5 Å². The van der Waals surface area contributed by atoms with Gasteiger partial charge in [0.05, 0.1) is 0 Å². The lowest BCUT2D eigenvalue weighted by Gasteiger charge is -2.17. The van der Waals surface area contributed by atoms with E-state index in [1.807, 2.05) is 24.3 Å². The number of hydrogen-bond donors (Lipinski definition) is 1. The Kier molecular flexibility index (Phi) is 5.06. The van der Waals surface area contributed by atoms with Crippen LogP contribution in [0.25, 0.3) is 0 Å². The third-order valence-electron chi connectivity index (χ3n) is 3.00. The van der Waals surface area contributed by atoms with Crippen molar-refractivity contribution in [3.63, 3.8) is 0 Å². The average Bonchev–Trinajstić information content (AvgIpc) is 2.48. The maximum Gasteiger partial charge on any atom is 0.260 e. The Morgan fingerprint density at radius 2 is 1.76 bits per heavy atom. The molecule has 0 heterocycles. The molecular formula is C16H17ClN2O2. The van der Waals surface area contributed by atoms with E-state index in [9.17, 15) is 4.79 Å². The molecule has 2 N–H and O–H groups in total. The monoisotopic (exact) mass is 304 g/mol. The molecule has 21 heavy (non-hydrogen) atoms. The number of carbonyl (C=O) groups is 1. The van der Waals surface area contributed by atoms with E-state index in [1.165, 1.54) is 0 Å². The summed E-state index contributed by atoms with van der Waals surface area (Å²) < 4.78 is 5.43. The molecule has 0 unspecified atom stereocenters. The fourth-order valence-electron chi connectivity index (χ4n) is 1.77. The maximum atomic E-state index is 12.0. The molecular weight excluding hydrogens is 288 g/mol. The van der Waals surface area contributed by atoms with Crippen molar-refractivity contribution in [2.24, 2.45) is 0 Å². The smallest absolute Gasteiger partial charge is 0.260 e. The summed E-state index contributed by atoms with van der Waals surface area (Å²) in [6.45, 7) is 0.510. The molecule has 0 aliphatic carbocycles. The summed E-state index contributed by atoms with van der Waals surface area (Å²) in [4.78, 5) is 13.6. The van der Waals surface area contributed by atoms with Crippen LogP contribution in [0, 0.1) is 0 Å². The van der Waals surface area contributed by atoms with Crippen LogP contribution in [0.4, 0.5) is 5.69 Å². The van der Waals surface area contributed by atoms with Gasteiger partial charge in [0, 0.05) is 24.3 Å². The Balaban J connectivity index is 1.84. The first-order valence-corrected chi connectivity index (χ1v) is 6.89. The molecule has 5 heteroatoms. The van der Waals surface area contributed by atoms with Gasteiger partial charge in [0.2, 0.25) is 0 Å². The summed E-state index contributed by atoms with van der Waals surface area (Å²) in [5.74, 6) is 0.524. The Hall–Kier alpha value is -2.20. The highest BCUT2D eigenvalue weighted by molar-refractivity contribution is 6.30. The van der Waals surface area contributed by atoms with E-state index in [4.69, 9.17) is 22.1 Å². The SMILES string of the molecule is CN(Cc1ccc(N)cc1)C(=O)COc1ccc(Cl)cc1. The molecule has 2 rings (SSSR count). The van der Waals surface area contributed by atoms with Crippen molar-refractivity contribution in [3.05, 3.63) is 59.1 Å². The van der Waals surface area contributed by atoms with Crippen molar-refractivity contribution >= 4 is 23.2 Å². The van der Waals surface area contributed by atoms with Gasteiger partial charge in [-0.3, -0.25) is 4.79 Å². The van der Waals surface area contributed by atoms with E-state index in [0.29, 0.717) is 23.0 Å². The van der Waals surface area contributed by atoms with Gasteiger partial charge in [0.1, 0.15) is 5.75 Å². The molecule has 2 aromatic carbocycles. The molecule has 0 saturated heterocycles. The molecule has 0 fully saturated rings. The van der Waals surface area contributed by atoms with Crippen molar-refractivity contribution in [1.82, 2.24) is 4.90 Å². The maximum absolute atomic E-state index is 12.0. The molecule has 4 nitrogen and oxygen atoms in total. The molecule has 0 spiro atoms. The quantitative estimate of drug-likeness (QED) is 0.864. The minimum atomic E-state index is -0.0956. The van der Waals surface area contributed by atoms with Crippen LogP contribution in [0.2, 0.25) is 5.02 Å². The van der Waals surface area contributed by atoms with Crippen molar-refractivity contribution in [2.45, 2.75) is 6.54 Å². The fourth-order valence-corrected chi connectivity index (χ4v) is 1.90. The number of nitrogen functional groups attached to an aromatic ring is 1. The third-order valence-corrected chi connectivity index (χ3v) is 3.25. The van der Waals surface area contributed by atoms with Gasteiger partial charge in [-0.25, -0.2) is 0 Å². The zero-order valence-electron chi connectivity index (χ0n) is 11.8. The van der Waals surface area contributed by atoms with E-state index in [2.05, 4.69) is 0 Å². The highest BCUT2D eigenvalue weighted by Crippen LogP contribution is 2.15. The number of hydrogen-bond acceptors (Lipinski definition) is 3. The summed E-state index contributed by atoms with van der Waals surface area (Å²) in [6, 6.07) is 14.3. The second-order valence-corrected chi connectivity index (χ2v) is 5.17. The van der Waals surface area contributed by atoms with Gasteiger partial charge < -0.3 is 15.4 Å². The van der Waals surface area contributed by atoms with Crippen molar-refractivity contribution in [3.8, 4) is 5.75 Å². The van der Waals surface area contributed by atoms with Crippen LogP contribution >= 0.6 is 11.6 Å². The summed E-state index contributed by atoms with van der Waals surface area (Å²) in [7, 11) is 1.74. The number of benzene rings is 2. The normalized spacial score (nSPS) is 10.2. The van der Waals surface area contributed by atoms with Gasteiger partial charge in [-0.1, -0.05) is 23.7 Å². The number of carbonyl (C=O) groups excluding carboxylic acids is 1. The average molecular weight is 305 g/mol. The molecule has 0 aromatic heterocycles. The van der Waals surface area contributed by atoms with Gasteiger partial charge in [0.25, 0.3) is 5.91 Å². The first-order chi connectivity index (χ1) is 10.0. The van der Waals surface area contributed by atoms with Crippen molar-refractivity contribution in [1.29, 1.82) is 0 Å². The molecule has 0 saturated carbocycles. The van der Waals surface area contributed by atoms with E-state index in [0.717, 1.165) is 5.56 Å². The van der Waals surface area contributed by atoms with E-state index in [1.54, 1.807) is 36.2 Å². The van der Waals surface area contributed by atoms with Crippen LogP contribution in [-0.2, 0) is 11.3 Å². The molecule has 1 amide bonds. The number of nitrogens with zero attached hydrogens (tertiary/aromatic N) is 1. The summed E-state index contributed by atoms with van der Waals surface area (Å²) in [5, 5.41) is 0.633. The second-order valence-electron chi connectivity index (χ2n) is 4.73. The molecule has 0 bridgehead atoms. The number of amides is 1. The Labute approximate surface area is 129 Å². The zero-order valence-corrected chi connectivity index (χ0v) is 12.5. The fraction of sp³-hybridized carbons (Fsp3) is 0.188. The number of likely N-dealkylation sites (N-methyl/N-ethyl adjacent to an activating group) is 1. The van der Waals surface area contributed by atoms with Crippen LogP contribution in [0.3, 0.4) is 0 Å². The standard InChI is InChI=1S/C16H17ClN2O2/c1-19(10-12-2-6-14(18)7-3-12)16(20)11-21-15-8-4-13(17)5-9-15/h2-9H,10-11,18H2,1H3. The third kappa shape index (κ3) is 4.68. The van der Waals surface area contributed by atoms with E-state index >= 15 is 0 Å². The number of rotatable bonds is 5. The van der Waals surface area contributed by atoms with Gasteiger partial charge in [-0.2, -0.15) is 0 Å². The number of halogens is 1. The molecule has 2 aromatic rings. The first kappa shape index (κ1) is 15.2. The van der Waals surface area contributed by atoms with E-state index in [-0.39, 0.29) is 12.5 Å². The number of anilines is 1. The van der Waals surface area contributed by atoms with Gasteiger partial charge in [-0.15, -0.1) is 0 Å². The number of ether oxygens (including phenoxy) is 1. The molecule has 0 atom stereocenters. The predicted octanol–water partition coefficient (Wildman–Crippen LogP) is 2.96. The summed E-state index contributed by atoms with van der Waals surface area (Å²) in [5.41, 5.74) is 7.36. The first-order valence-electron chi connectivity index (χ1n) is 6.51. The topological polar surface area (TPSA) is 55.6 Å². The summed E-state index contributed by atoms with van der Waals surface area (Å²) in [6.07, 6.45) is 0. The van der Waals surface area contributed by atoms with Gasteiger partial charge >= 0.3 is 0 Å². The van der Waals surface area contributed by atoms with Crippen molar-refractivity contribution < 1.29 is 9.53 Å². The lowest BCUT2D eigenvalue weighted by molar-refractivity contribution is -0.132. The van der Waals surface area contributed by atoms with Crippen LogP contribution in [0.5, 0.6) is 5.75 Å². The van der Waals surface area contributed by atoms with Crippen LogP contribution in [0.1, 0.15) is 5.56 Å². The molecule has 0 radical (unpaired) electrons. The highest BCUT2D eigenvalue weighted by Gasteiger charge is 2.10. The molecule has 0 aliphatic heterocycles. The predicted molar refractivity (Wildman–Crippen MR) is 84.3 cm³/mol. The Morgan fingerprint density at radius 1 is 1.14 bits per heavy atom. The van der Waals surface area contributed by atoms with Crippen LogP contribution < -0.4 is 10.5 Å². The minimum absolute atomic E-state index is 0.00684. The lowest BCUT2D eigenvalue weighted by Crippen LogP contribution is -2.30. The van der Waals surface area contributed by atoms with Crippen molar-refractivity contribution in [2.75, 3.05) is 19.4 Å².